The molecule has 0 radical (unpaired) electrons. The zero-order chi connectivity index (χ0) is 18.3. The van der Waals surface area contributed by atoms with Crippen LogP contribution in [0.2, 0.25) is 0 Å². The predicted molar refractivity (Wildman–Crippen MR) is 103 cm³/mol. The minimum atomic E-state index is -0.399. The number of hydrogen-bond donors (Lipinski definition) is 0. The third-order valence-electron chi connectivity index (χ3n) is 7.09. The first-order chi connectivity index (χ1) is 13.2. The second kappa shape index (κ2) is 7.12. The Labute approximate surface area is 161 Å². The number of allylic oxidation sites excluding steroid dienone is 1. The summed E-state index contributed by atoms with van der Waals surface area (Å²) >= 11 is 0. The van der Waals surface area contributed by atoms with Crippen LogP contribution in [0, 0.1) is 11.8 Å². The maximum Gasteiger partial charge on any atom is 0.227 e. The Morgan fingerprint density at radius 3 is 2.67 bits per heavy atom. The highest BCUT2D eigenvalue weighted by atomic mass is 16.5. The summed E-state index contributed by atoms with van der Waals surface area (Å²) in [7, 11) is 0. The van der Waals surface area contributed by atoms with Crippen LogP contribution in [0.3, 0.4) is 0 Å². The van der Waals surface area contributed by atoms with Crippen molar-refractivity contribution in [1.29, 1.82) is 0 Å². The number of nitrogens with zero attached hydrogens (tertiary/aromatic N) is 4. The predicted octanol–water partition coefficient (Wildman–Crippen LogP) is 3.62. The lowest BCUT2D eigenvalue weighted by molar-refractivity contribution is -0.00941. The average Bonchev–Trinajstić information content (AvgIpc) is 3.37. The van der Waals surface area contributed by atoms with E-state index in [-0.39, 0.29) is 6.10 Å². The molecule has 1 aromatic rings. The van der Waals surface area contributed by atoms with Crippen molar-refractivity contribution in [3.63, 3.8) is 0 Å². The van der Waals surface area contributed by atoms with E-state index in [0.29, 0.717) is 0 Å². The summed E-state index contributed by atoms with van der Waals surface area (Å²) in [5.74, 6) is 3.68. The number of fused-ring (bicyclic) bond motifs is 1. The van der Waals surface area contributed by atoms with E-state index in [1.165, 1.54) is 32.1 Å². The standard InChI is InChI=1S/C21H32N4O2/c1-21(10-3-5-12-27-21)19-22-23-20(24-13-16-7-6-8-17(16)14-24)25(19)15-18-9-2-4-11-26-18/h5,12,16-18H,2-4,6-11,13-15H2,1H3/t16-,17+,18?,21?. The molecular formula is C21H32N4O2. The first-order valence-corrected chi connectivity index (χ1v) is 10.9. The SMILES string of the molecule is CC1(c2nnc(N3C[C@H]4CCC[C@H]4C3)n2CC2CCCCO2)CCC=CO1. The van der Waals surface area contributed by atoms with Gasteiger partial charge >= 0.3 is 0 Å². The van der Waals surface area contributed by atoms with Crippen molar-refractivity contribution < 1.29 is 9.47 Å². The van der Waals surface area contributed by atoms with Crippen molar-refractivity contribution in [2.24, 2.45) is 11.8 Å². The van der Waals surface area contributed by atoms with Crippen molar-refractivity contribution >= 4 is 5.95 Å². The van der Waals surface area contributed by atoms with Crippen molar-refractivity contribution in [3.8, 4) is 0 Å². The third kappa shape index (κ3) is 3.26. The van der Waals surface area contributed by atoms with Crippen LogP contribution in [0.5, 0.6) is 0 Å². The first-order valence-electron chi connectivity index (χ1n) is 10.9. The van der Waals surface area contributed by atoms with Gasteiger partial charge in [-0.05, 0) is 69.8 Å². The summed E-state index contributed by atoms with van der Waals surface area (Å²) < 4.78 is 14.5. The lowest BCUT2D eigenvalue weighted by Crippen LogP contribution is -2.35. The van der Waals surface area contributed by atoms with Gasteiger partial charge in [-0.25, -0.2) is 0 Å². The van der Waals surface area contributed by atoms with Gasteiger partial charge in [-0.15, -0.1) is 10.2 Å². The number of anilines is 1. The van der Waals surface area contributed by atoms with E-state index >= 15 is 0 Å². The Morgan fingerprint density at radius 2 is 1.96 bits per heavy atom. The first kappa shape index (κ1) is 17.5. The number of ether oxygens (including phenoxy) is 2. The minimum Gasteiger partial charge on any atom is -0.487 e. The lowest BCUT2D eigenvalue weighted by Gasteiger charge is -2.33. The number of hydrogen-bond acceptors (Lipinski definition) is 5. The summed E-state index contributed by atoms with van der Waals surface area (Å²) in [4.78, 5) is 2.48. The molecule has 0 bridgehead atoms. The van der Waals surface area contributed by atoms with E-state index in [4.69, 9.17) is 14.6 Å². The Morgan fingerprint density at radius 1 is 1.11 bits per heavy atom. The van der Waals surface area contributed by atoms with Crippen LogP contribution >= 0.6 is 0 Å². The molecule has 27 heavy (non-hydrogen) atoms. The van der Waals surface area contributed by atoms with Crippen LogP contribution in [0.1, 0.15) is 64.1 Å². The van der Waals surface area contributed by atoms with Gasteiger partial charge in [-0.2, -0.15) is 0 Å². The summed E-state index contributed by atoms with van der Waals surface area (Å²) in [6.07, 6.45) is 13.9. The quantitative estimate of drug-likeness (QED) is 0.808. The molecule has 6 nitrogen and oxygen atoms in total. The zero-order valence-corrected chi connectivity index (χ0v) is 16.5. The van der Waals surface area contributed by atoms with Gasteiger partial charge < -0.3 is 14.4 Å². The molecule has 0 spiro atoms. The van der Waals surface area contributed by atoms with Gasteiger partial charge in [0.05, 0.1) is 18.9 Å². The van der Waals surface area contributed by atoms with Crippen LogP contribution < -0.4 is 4.90 Å². The topological polar surface area (TPSA) is 52.4 Å². The second-order valence-electron chi connectivity index (χ2n) is 9.04. The van der Waals surface area contributed by atoms with Gasteiger partial charge in [0.15, 0.2) is 11.4 Å². The van der Waals surface area contributed by atoms with Gasteiger partial charge in [0, 0.05) is 19.7 Å². The largest absolute Gasteiger partial charge is 0.487 e. The van der Waals surface area contributed by atoms with Crippen LogP contribution in [-0.4, -0.2) is 40.6 Å². The minimum absolute atomic E-state index is 0.261. The molecule has 148 valence electrons. The molecule has 3 aliphatic heterocycles. The molecule has 0 amide bonds. The van der Waals surface area contributed by atoms with Gasteiger partial charge in [0.25, 0.3) is 0 Å². The molecule has 4 heterocycles. The van der Waals surface area contributed by atoms with Crippen LogP contribution in [0.25, 0.3) is 0 Å². The Bertz CT molecular complexity index is 684. The van der Waals surface area contributed by atoms with Crippen LogP contribution in [-0.2, 0) is 21.6 Å². The molecule has 5 rings (SSSR count). The molecular weight excluding hydrogens is 340 g/mol. The molecule has 4 atom stereocenters. The van der Waals surface area contributed by atoms with Crippen molar-refractivity contribution in [1.82, 2.24) is 14.8 Å². The normalized spacial score (nSPS) is 36.0. The van der Waals surface area contributed by atoms with Crippen molar-refractivity contribution in [3.05, 3.63) is 18.2 Å². The van der Waals surface area contributed by atoms with Gasteiger partial charge in [0.1, 0.15) is 0 Å². The summed E-state index contributed by atoms with van der Waals surface area (Å²) in [5.41, 5.74) is -0.399. The highest BCUT2D eigenvalue weighted by Crippen LogP contribution is 2.41. The van der Waals surface area contributed by atoms with Crippen molar-refractivity contribution in [2.75, 3.05) is 24.6 Å². The van der Waals surface area contributed by atoms with Gasteiger partial charge in [-0.1, -0.05) is 6.42 Å². The van der Waals surface area contributed by atoms with E-state index < -0.39 is 5.60 Å². The van der Waals surface area contributed by atoms with Crippen LogP contribution in [0.15, 0.2) is 12.3 Å². The fraction of sp³-hybridized carbons (Fsp3) is 0.810. The number of aromatic nitrogens is 3. The molecule has 3 fully saturated rings. The van der Waals surface area contributed by atoms with Gasteiger partial charge in [0.2, 0.25) is 5.95 Å². The average molecular weight is 373 g/mol. The highest BCUT2D eigenvalue weighted by Gasteiger charge is 2.41. The van der Waals surface area contributed by atoms with Crippen LogP contribution in [0.4, 0.5) is 5.95 Å². The summed E-state index contributed by atoms with van der Waals surface area (Å²) in [5, 5.41) is 9.36. The molecule has 4 aliphatic rings. The maximum atomic E-state index is 6.07. The fourth-order valence-corrected chi connectivity index (χ4v) is 5.49. The van der Waals surface area contributed by atoms with E-state index in [1.54, 1.807) is 0 Å². The Kier molecular flexibility index (Phi) is 4.62. The second-order valence-corrected chi connectivity index (χ2v) is 9.04. The van der Waals surface area contributed by atoms with E-state index in [1.807, 2.05) is 6.26 Å². The molecule has 0 N–H and O–H groups in total. The van der Waals surface area contributed by atoms with E-state index in [0.717, 1.165) is 69.1 Å². The maximum absolute atomic E-state index is 6.07. The summed E-state index contributed by atoms with van der Waals surface area (Å²) in [6, 6.07) is 0. The third-order valence-corrected chi connectivity index (χ3v) is 7.09. The summed E-state index contributed by atoms with van der Waals surface area (Å²) in [6.45, 7) is 6.13. The Hall–Kier alpha value is -1.56. The Balaban J connectivity index is 1.45. The van der Waals surface area contributed by atoms with Gasteiger partial charge in [-0.3, -0.25) is 4.57 Å². The molecule has 2 unspecified atom stereocenters. The number of rotatable bonds is 4. The highest BCUT2D eigenvalue weighted by molar-refractivity contribution is 5.35. The fourth-order valence-electron chi connectivity index (χ4n) is 5.49. The monoisotopic (exact) mass is 372 g/mol. The zero-order valence-electron chi connectivity index (χ0n) is 16.5. The lowest BCUT2D eigenvalue weighted by atomic mass is 9.97. The molecule has 6 heteroatoms. The van der Waals surface area contributed by atoms with E-state index in [2.05, 4.69) is 27.6 Å². The molecule has 0 aromatic carbocycles. The van der Waals surface area contributed by atoms with Crippen molar-refractivity contribution in [2.45, 2.75) is 76.5 Å². The smallest absolute Gasteiger partial charge is 0.227 e. The molecule has 2 saturated heterocycles. The molecule has 1 aromatic heterocycles. The molecule has 1 saturated carbocycles. The van der Waals surface area contributed by atoms with E-state index in [9.17, 15) is 0 Å². The molecule has 1 aliphatic carbocycles.